The Morgan fingerprint density at radius 3 is 2.23 bits per heavy atom. The summed E-state index contributed by atoms with van der Waals surface area (Å²) in [5.41, 5.74) is 6.15. The van der Waals surface area contributed by atoms with E-state index in [-0.39, 0.29) is 54.7 Å². The van der Waals surface area contributed by atoms with Gasteiger partial charge in [0.25, 0.3) is 0 Å². The third-order valence-corrected chi connectivity index (χ3v) is 7.66. The highest BCUT2D eigenvalue weighted by Gasteiger charge is 2.49. The maximum atomic E-state index is 13.3. The number of aliphatic imine (C=N–C) groups is 1. The third kappa shape index (κ3) is 9.21. The Labute approximate surface area is 252 Å². The topological polar surface area (TPSA) is 110 Å². The number of carbonyl (C=O) groups is 2. The van der Waals surface area contributed by atoms with Crippen LogP contribution in [0.3, 0.4) is 0 Å². The Hall–Kier alpha value is -4.07. The number of terminal acetylenes is 1. The number of ether oxygens (including phenoxy) is 1. The maximum Gasteiger partial charge on any atom is 0.425 e. The Bertz CT molecular complexity index is 1200. The second-order valence-corrected chi connectivity index (χ2v) is 10.2. The Balaban J connectivity index is 0.000000559. The summed E-state index contributed by atoms with van der Waals surface area (Å²) in [6.45, 7) is 8.23. The standard InChI is InChI=1S/C23H29F3N4O3.C5H5N.C2H6.C2H2/c1-3-22(4-2)11-19(31)30(21(27)29-22)12-13-9-15(13)20(32)28-16-10-18(23(24,25)26)33-17-8-6-5-7-14(16)17;1-2-4-6-5-3-1;2*1-2/h5-8,13,15-16,18H,3-4,9-12H2,1-2H3,(H2,27,29)(H,28,32);1-5H;1-2H3;1-2H/t13-,15?,16+,18?;;;/m1.../s1. The first kappa shape index (κ1) is 35.1. The molecule has 11 heteroatoms. The maximum absolute atomic E-state index is 13.3. The molecule has 2 amide bonds. The van der Waals surface area contributed by atoms with Crippen molar-refractivity contribution in [1.82, 2.24) is 15.2 Å². The van der Waals surface area contributed by atoms with Gasteiger partial charge in [-0.25, -0.2) is 4.99 Å². The van der Waals surface area contributed by atoms with Crippen LogP contribution in [0.25, 0.3) is 0 Å². The van der Waals surface area contributed by atoms with Gasteiger partial charge >= 0.3 is 6.18 Å². The van der Waals surface area contributed by atoms with Crippen LogP contribution in [-0.2, 0) is 9.59 Å². The van der Waals surface area contributed by atoms with Gasteiger partial charge in [0, 0.05) is 36.8 Å². The first-order valence-electron chi connectivity index (χ1n) is 14.5. The number of fused-ring (bicyclic) bond motifs is 1. The molecular weight excluding hydrogens is 559 g/mol. The van der Waals surface area contributed by atoms with Crippen molar-refractivity contribution in [3.63, 3.8) is 0 Å². The number of alkyl halides is 3. The molecule has 2 aliphatic heterocycles. The Kier molecular flexibility index (Phi) is 13.0. The number of pyridine rings is 1. The van der Waals surface area contributed by atoms with Crippen LogP contribution in [0.15, 0.2) is 59.9 Å². The van der Waals surface area contributed by atoms with Gasteiger partial charge in [-0.2, -0.15) is 13.2 Å². The molecular formula is C32H42F3N5O3. The number of carbonyl (C=O) groups excluding carboxylic acids is 2. The number of amides is 2. The van der Waals surface area contributed by atoms with E-state index in [1.54, 1.807) is 30.6 Å². The van der Waals surface area contributed by atoms with Crippen LogP contribution in [0.1, 0.15) is 71.4 Å². The number of hydrogen-bond acceptors (Lipinski definition) is 6. The number of nitrogens with one attached hydrogen (secondary N) is 1. The molecule has 1 fully saturated rings. The quantitative estimate of drug-likeness (QED) is 0.416. The van der Waals surface area contributed by atoms with E-state index in [2.05, 4.69) is 28.1 Å². The molecule has 0 spiro atoms. The fourth-order valence-electron chi connectivity index (χ4n) is 5.05. The van der Waals surface area contributed by atoms with Gasteiger partial charge in [0.05, 0.1) is 18.0 Å². The van der Waals surface area contributed by atoms with E-state index in [0.29, 0.717) is 24.8 Å². The van der Waals surface area contributed by atoms with Crippen LogP contribution >= 0.6 is 0 Å². The lowest BCUT2D eigenvalue weighted by Gasteiger charge is -2.36. The fraction of sp³-hybridized carbons (Fsp3) is 0.500. The number of guanidine groups is 1. The molecule has 1 aliphatic carbocycles. The van der Waals surface area contributed by atoms with Crippen molar-refractivity contribution >= 4 is 17.8 Å². The SMILES string of the molecule is C#C.CC.CCC1(CC)CC(=O)N(C[C@H]2CC2C(=O)N[C@H]2CC(C(F)(F)F)Oc3ccccc32)C(N)=N1.c1ccncc1. The van der Waals surface area contributed by atoms with Crippen molar-refractivity contribution in [1.29, 1.82) is 0 Å². The molecule has 0 bridgehead atoms. The van der Waals surface area contributed by atoms with Crippen LogP contribution in [-0.4, -0.2) is 52.0 Å². The predicted molar refractivity (Wildman–Crippen MR) is 161 cm³/mol. The van der Waals surface area contributed by atoms with E-state index in [1.165, 1.54) is 11.0 Å². The van der Waals surface area contributed by atoms with Gasteiger partial charge in [0.2, 0.25) is 11.8 Å². The summed E-state index contributed by atoms with van der Waals surface area (Å²) >= 11 is 0. The van der Waals surface area contributed by atoms with E-state index >= 15 is 0 Å². The van der Waals surface area contributed by atoms with Crippen LogP contribution < -0.4 is 15.8 Å². The molecule has 43 heavy (non-hydrogen) atoms. The van der Waals surface area contributed by atoms with Crippen molar-refractivity contribution < 1.29 is 27.5 Å². The molecule has 8 nitrogen and oxygen atoms in total. The van der Waals surface area contributed by atoms with Gasteiger partial charge in [0.15, 0.2) is 12.1 Å². The lowest BCUT2D eigenvalue weighted by molar-refractivity contribution is -0.201. The van der Waals surface area contributed by atoms with Crippen LogP contribution in [0.2, 0.25) is 0 Å². The van der Waals surface area contributed by atoms with Crippen LogP contribution in [0.4, 0.5) is 13.2 Å². The average molecular weight is 602 g/mol. The van der Waals surface area contributed by atoms with E-state index in [9.17, 15) is 22.8 Å². The van der Waals surface area contributed by atoms with E-state index in [1.807, 2.05) is 45.9 Å². The number of nitrogens with two attached hydrogens (primary N) is 1. The number of halogens is 3. The molecule has 0 radical (unpaired) electrons. The molecule has 3 heterocycles. The lowest BCUT2D eigenvalue weighted by Crippen LogP contribution is -2.52. The summed E-state index contributed by atoms with van der Waals surface area (Å²) in [4.78, 5) is 35.3. The van der Waals surface area contributed by atoms with Gasteiger partial charge in [-0.15, -0.1) is 12.8 Å². The van der Waals surface area contributed by atoms with Crippen molar-refractivity contribution in [2.75, 3.05) is 6.54 Å². The number of benzene rings is 1. The predicted octanol–water partition coefficient (Wildman–Crippen LogP) is 5.66. The zero-order chi connectivity index (χ0) is 32.2. The molecule has 5 rings (SSSR count). The fourth-order valence-corrected chi connectivity index (χ4v) is 5.05. The largest absolute Gasteiger partial charge is 0.480 e. The molecule has 3 aliphatic rings. The van der Waals surface area contributed by atoms with Crippen molar-refractivity contribution in [2.24, 2.45) is 22.6 Å². The molecule has 1 saturated carbocycles. The number of rotatable bonds is 6. The van der Waals surface area contributed by atoms with Crippen molar-refractivity contribution in [3.8, 4) is 18.6 Å². The molecule has 234 valence electrons. The summed E-state index contributed by atoms with van der Waals surface area (Å²) in [6.07, 6.45) is 6.85. The van der Waals surface area contributed by atoms with Gasteiger partial charge in [-0.1, -0.05) is 52.0 Å². The smallest absolute Gasteiger partial charge is 0.425 e. The number of nitrogens with zero attached hydrogens (tertiary/aromatic N) is 3. The number of para-hydroxylation sites is 1. The molecule has 4 atom stereocenters. The third-order valence-electron chi connectivity index (χ3n) is 7.66. The van der Waals surface area contributed by atoms with E-state index in [4.69, 9.17) is 10.5 Å². The summed E-state index contributed by atoms with van der Waals surface area (Å²) in [5.74, 6) is -0.613. The highest BCUT2D eigenvalue weighted by Crippen LogP contribution is 2.43. The lowest BCUT2D eigenvalue weighted by atomic mass is 9.88. The van der Waals surface area contributed by atoms with Crippen molar-refractivity contribution in [3.05, 3.63) is 60.4 Å². The van der Waals surface area contributed by atoms with Crippen LogP contribution in [0.5, 0.6) is 5.75 Å². The summed E-state index contributed by atoms with van der Waals surface area (Å²) < 4.78 is 45.1. The van der Waals surface area contributed by atoms with E-state index in [0.717, 1.165) is 0 Å². The summed E-state index contributed by atoms with van der Waals surface area (Å²) in [6, 6.07) is 11.4. The summed E-state index contributed by atoms with van der Waals surface area (Å²) in [7, 11) is 0. The summed E-state index contributed by atoms with van der Waals surface area (Å²) in [5, 5.41) is 2.78. The van der Waals surface area contributed by atoms with Gasteiger partial charge in [-0.3, -0.25) is 19.5 Å². The minimum absolute atomic E-state index is 0.105. The van der Waals surface area contributed by atoms with E-state index < -0.39 is 23.9 Å². The molecule has 0 saturated heterocycles. The minimum Gasteiger partial charge on any atom is -0.480 e. The van der Waals surface area contributed by atoms with Gasteiger partial charge in [-0.05, 0) is 43.4 Å². The second kappa shape index (κ2) is 16.0. The molecule has 3 N–H and O–H groups in total. The average Bonchev–Trinajstić information content (AvgIpc) is 3.81. The molecule has 1 aromatic heterocycles. The monoisotopic (exact) mass is 601 g/mol. The second-order valence-electron chi connectivity index (χ2n) is 10.2. The number of aromatic nitrogens is 1. The minimum atomic E-state index is -4.53. The van der Waals surface area contributed by atoms with Gasteiger partial charge in [0.1, 0.15) is 5.75 Å². The zero-order valence-electron chi connectivity index (χ0n) is 25.2. The van der Waals surface area contributed by atoms with Crippen molar-refractivity contribution in [2.45, 2.75) is 83.7 Å². The zero-order valence-corrected chi connectivity index (χ0v) is 25.2. The number of hydrogen-bond donors (Lipinski definition) is 2. The highest BCUT2D eigenvalue weighted by molar-refractivity contribution is 5.99. The first-order valence-corrected chi connectivity index (χ1v) is 14.5. The highest BCUT2D eigenvalue weighted by atomic mass is 19.4. The molecule has 1 aromatic carbocycles. The normalized spacial score (nSPS) is 23.1. The Morgan fingerprint density at radius 2 is 1.72 bits per heavy atom. The van der Waals surface area contributed by atoms with Crippen LogP contribution in [0, 0.1) is 24.7 Å². The molecule has 2 unspecified atom stereocenters. The first-order chi connectivity index (χ1) is 20.6. The molecule has 2 aromatic rings. The van der Waals surface area contributed by atoms with Gasteiger partial charge < -0.3 is 15.8 Å². The Morgan fingerprint density at radius 1 is 1.09 bits per heavy atom.